The summed E-state index contributed by atoms with van der Waals surface area (Å²) < 4.78 is 27.1. The Morgan fingerprint density at radius 3 is 2.60 bits per heavy atom. The van der Waals surface area contributed by atoms with Crippen molar-refractivity contribution in [1.29, 1.82) is 0 Å². The molecule has 6 heteroatoms. The third-order valence-electron chi connectivity index (χ3n) is 3.27. The van der Waals surface area contributed by atoms with Crippen LogP contribution >= 0.6 is 0 Å². The van der Waals surface area contributed by atoms with E-state index < -0.39 is 23.5 Å². The highest BCUT2D eigenvalue weighted by Gasteiger charge is 2.36. The lowest BCUT2D eigenvalue weighted by atomic mass is 10.1. The summed E-state index contributed by atoms with van der Waals surface area (Å²) in [6, 6.07) is 2.81. The van der Waals surface area contributed by atoms with Crippen molar-refractivity contribution in [3.05, 3.63) is 29.8 Å². The Morgan fingerprint density at radius 2 is 2.05 bits per heavy atom. The van der Waals surface area contributed by atoms with Crippen LogP contribution in [0.3, 0.4) is 0 Å². The van der Waals surface area contributed by atoms with Gasteiger partial charge in [-0.25, -0.2) is 8.78 Å². The van der Waals surface area contributed by atoms with Gasteiger partial charge >= 0.3 is 5.97 Å². The van der Waals surface area contributed by atoms with E-state index in [0.29, 0.717) is 12.8 Å². The predicted octanol–water partition coefficient (Wildman–Crippen LogP) is 2.43. The molecule has 0 saturated heterocycles. The Kier molecular flexibility index (Phi) is 4.01. The average Bonchev–Trinajstić information content (AvgIpc) is 3.22. The molecule has 1 aliphatic carbocycles. The molecule has 2 rings (SSSR count). The van der Waals surface area contributed by atoms with E-state index in [1.54, 1.807) is 0 Å². The van der Waals surface area contributed by atoms with Gasteiger partial charge in [0.1, 0.15) is 11.6 Å². The second-order valence-electron chi connectivity index (χ2n) is 5.06. The van der Waals surface area contributed by atoms with Gasteiger partial charge in [-0.15, -0.1) is 0 Å². The molecule has 1 saturated carbocycles. The van der Waals surface area contributed by atoms with Gasteiger partial charge in [-0.2, -0.15) is 0 Å². The van der Waals surface area contributed by atoms with Gasteiger partial charge in [0.2, 0.25) is 5.91 Å². The van der Waals surface area contributed by atoms with Crippen LogP contribution in [0.5, 0.6) is 0 Å². The van der Waals surface area contributed by atoms with E-state index in [2.05, 4.69) is 0 Å². The molecule has 20 heavy (non-hydrogen) atoms. The number of halogens is 2. The quantitative estimate of drug-likeness (QED) is 0.903. The first kappa shape index (κ1) is 14.4. The molecule has 0 aliphatic heterocycles. The molecule has 1 atom stereocenters. The number of anilines is 1. The highest BCUT2D eigenvalue weighted by molar-refractivity contribution is 5.97. The minimum Gasteiger partial charge on any atom is -0.481 e. The van der Waals surface area contributed by atoms with Gasteiger partial charge in [0.15, 0.2) is 0 Å². The minimum atomic E-state index is -1.09. The van der Waals surface area contributed by atoms with Crippen LogP contribution < -0.4 is 4.90 Å². The van der Waals surface area contributed by atoms with Crippen molar-refractivity contribution in [3.63, 3.8) is 0 Å². The number of carboxylic acids is 1. The second kappa shape index (κ2) is 5.56. The predicted molar refractivity (Wildman–Crippen MR) is 68.2 cm³/mol. The second-order valence-corrected chi connectivity index (χ2v) is 5.06. The van der Waals surface area contributed by atoms with Crippen molar-refractivity contribution in [2.24, 2.45) is 11.8 Å². The third kappa shape index (κ3) is 3.12. The fourth-order valence-corrected chi connectivity index (χ4v) is 1.90. The maximum absolute atomic E-state index is 13.8. The first-order valence-electron chi connectivity index (χ1n) is 6.39. The van der Waals surface area contributed by atoms with Gasteiger partial charge in [0, 0.05) is 18.5 Å². The zero-order valence-corrected chi connectivity index (χ0v) is 11.0. The summed E-state index contributed by atoms with van der Waals surface area (Å²) in [5.41, 5.74) is -0.199. The van der Waals surface area contributed by atoms with E-state index in [-0.39, 0.29) is 24.1 Å². The zero-order chi connectivity index (χ0) is 14.9. The Balaban J connectivity index is 2.32. The van der Waals surface area contributed by atoms with Crippen molar-refractivity contribution in [3.8, 4) is 0 Å². The lowest BCUT2D eigenvalue weighted by Crippen LogP contribution is -2.38. The first-order valence-corrected chi connectivity index (χ1v) is 6.39. The molecule has 108 valence electrons. The van der Waals surface area contributed by atoms with E-state index in [0.717, 1.165) is 23.1 Å². The Bertz CT molecular complexity index is 543. The van der Waals surface area contributed by atoms with E-state index in [1.807, 2.05) is 0 Å². The fourth-order valence-electron chi connectivity index (χ4n) is 1.90. The van der Waals surface area contributed by atoms with Crippen LogP contribution in [-0.2, 0) is 9.59 Å². The molecule has 1 aliphatic rings. The molecule has 0 bridgehead atoms. The van der Waals surface area contributed by atoms with Crippen LogP contribution in [0.4, 0.5) is 14.5 Å². The van der Waals surface area contributed by atoms with Crippen molar-refractivity contribution < 1.29 is 23.5 Å². The molecule has 1 aromatic rings. The molecule has 0 radical (unpaired) electrons. The summed E-state index contributed by atoms with van der Waals surface area (Å²) in [4.78, 5) is 24.1. The van der Waals surface area contributed by atoms with Crippen molar-refractivity contribution in [1.82, 2.24) is 0 Å². The largest absolute Gasteiger partial charge is 0.481 e. The number of carboxylic acid groups (broad SMARTS) is 1. The smallest absolute Gasteiger partial charge is 0.308 e. The average molecular weight is 283 g/mol. The molecule has 1 unspecified atom stereocenters. The van der Waals surface area contributed by atoms with E-state index in [4.69, 9.17) is 5.11 Å². The monoisotopic (exact) mass is 283 g/mol. The van der Waals surface area contributed by atoms with Crippen LogP contribution in [-0.4, -0.2) is 23.5 Å². The molecular formula is C14H15F2NO3. The molecule has 0 heterocycles. The van der Waals surface area contributed by atoms with E-state index >= 15 is 0 Å². The van der Waals surface area contributed by atoms with Gasteiger partial charge < -0.3 is 10.0 Å². The third-order valence-corrected chi connectivity index (χ3v) is 3.27. The lowest BCUT2D eigenvalue weighted by Gasteiger charge is -2.25. The van der Waals surface area contributed by atoms with E-state index in [9.17, 15) is 18.4 Å². The summed E-state index contributed by atoms with van der Waals surface area (Å²) in [5, 5.41) is 8.93. The van der Waals surface area contributed by atoms with Crippen LogP contribution in [0.1, 0.15) is 19.8 Å². The zero-order valence-electron chi connectivity index (χ0n) is 11.0. The van der Waals surface area contributed by atoms with Gasteiger partial charge in [0.05, 0.1) is 11.6 Å². The topological polar surface area (TPSA) is 57.6 Å². The molecule has 4 nitrogen and oxygen atoms in total. The number of nitrogens with zero attached hydrogens (tertiary/aromatic N) is 1. The molecular weight excluding hydrogens is 268 g/mol. The number of hydrogen-bond acceptors (Lipinski definition) is 2. The van der Waals surface area contributed by atoms with Crippen LogP contribution in [0, 0.1) is 23.5 Å². The van der Waals surface area contributed by atoms with Crippen LogP contribution in [0.25, 0.3) is 0 Å². The first-order chi connectivity index (χ1) is 9.40. The van der Waals surface area contributed by atoms with Gasteiger partial charge in [-0.3, -0.25) is 9.59 Å². The number of carbonyl (C=O) groups is 2. The molecule has 0 aromatic heterocycles. The van der Waals surface area contributed by atoms with Gasteiger partial charge in [-0.05, 0) is 25.0 Å². The Morgan fingerprint density at radius 1 is 1.40 bits per heavy atom. The van der Waals surface area contributed by atoms with Gasteiger partial charge in [-0.1, -0.05) is 6.92 Å². The summed E-state index contributed by atoms with van der Waals surface area (Å²) in [6.45, 7) is 1.25. The Hall–Kier alpha value is -1.98. The number of carbonyl (C=O) groups excluding carboxylic acids is 1. The van der Waals surface area contributed by atoms with Crippen molar-refractivity contribution >= 4 is 17.6 Å². The van der Waals surface area contributed by atoms with Crippen molar-refractivity contribution in [2.45, 2.75) is 19.8 Å². The fraction of sp³-hybridized carbons (Fsp3) is 0.429. The van der Waals surface area contributed by atoms with Gasteiger partial charge in [0.25, 0.3) is 0 Å². The highest BCUT2D eigenvalue weighted by atomic mass is 19.1. The summed E-state index contributed by atoms with van der Waals surface area (Å²) in [6.07, 6.45) is 1.40. The van der Waals surface area contributed by atoms with Crippen LogP contribution in [0.2, 0.25) is 0 Å². The number of hydrogen-bond donors (Lipinski definition) is 1. The molecule has 1 aromatic carbocycles. The normalized spacial score (nSPS) is 15.8. The maximum Gasteiger partial charge on any atom is 0.308 e. The minimum absolute atomic E-state index is 0.176. The molecule has 1 amide bonds. The number of benzene rings is 1. The number of amides is 1. The lowest BCUT2D eigenvalue weighted by molar-refractivity contribution is -0.140. The summed E-state index contributed by atoms with van der Waals surface area (Å²) >= 11 is 0. The van der Waals surface area contributed by atoms with E-state index in [1.165, 1.54) is 6.92 Å². The summed E-state index contributed by atoms with van der Waals surface area (Å²) in [7, 11) is 0. The molecule has 0 spiro atoms. The number of rotatable bonds is 5. The van der Waals surface area contributed by atoms with Crippen LogP contribution in [0.15, 0.2) is 18.2 Å². The molecule has 1 fully saturated rings. The maximum atomic E-state index is 13.8. The van der Waals surface area contributed by atoms with Crippen molar-refractivity contribution in [2.75, 3.05) is 11.4 Å². The molecule has 1 N–H and O–H groups in total. The summed E-state index contributed by atoms with van der Waals surface area (Å²) in [5.74, 6) is -3.91. The highest BCUT2D eigenvalue weighted by Crippen LogP contribution is 2.34. The Labute approximate surface area is 115 Å². The number of aliphatic carboxylic acids is 1. The standard InChI is InChI=1S/C14H15F2NO3/c1-8(14(19)20)7-17(13(18)9-2-3-9)12-6-10(15)4-5-11(12)16/h4-6,8-9H,2-3,7H2,1H3,(H,19,20). The SMILES string of the molecule is CC(CN(C(=O)C1CC1)c1cc(F)ccc1F)C(=O)O.